The first-order valence-electron chi connectivity index (χ1n) is 5.03. The van der Waals surface area contributed by atoms with E-state index in [1.54, 1.807) is 4.68 Å². The molecule has 1 heterocycles. The van der Waals surface area contributed by atoms with Crippen LogP contribution >= 0.6 is 15.9 Å². The lowest BCUT2D eigenvalue weighted by molar-refractivity contribution is -0.150. The number of aryl methyl sites for hydroxylation is 2. The highest BCUT2D eigenvalue weighted by Gasteiger charge is 2.16. The fourth-order valence-corrected chi connectivity index (χ4v) is 1.68. The van der Waals surface area contributed by atoms with Gasteiger partial charge >= 0.3 is 5.97 Å². The molecule has 6 heteroatoms. The number of aromatic nitrogens is 2. The molecular formula is C10H15BrN2O3. The van der Waals surface area contributed by atoms with Gasteiger partial charge < -0.3 is 9.84 Å². The minimum absolute atomic E-state index is 0.239. The van der Waals surface area contributed by atoms with Crippen molar-refractivity contribution < 1.29 is 14.6 Å². The number of nitrogens with zero attached hydrogens (tertiary/aromatic N) is 2. The Morgan fingerprint density at radius 3 is 2.81 bits per heavy atom. The molecule has 0 bridgehead atoms. The molecule has 1 unspecified atom stereocenters. The quantitative estimate of drug-likeness (QED) is 0.900. The van der Waals surface area contributed by atoms with E-state index in [1.807, 2.05) is 13.8 Å². The molecular weight excluding hydrogens is 276 g/mol. The molecule has 0 saturated heterocycles. The van der Waals surface area contributed by atoms with Crippen LogP contribution in [0.2, 0.25) is 0 Å². The summed E-state index contributed by atoms with van der Waals surface area (Å²) in [5.41, 5.74) is 1.75. The van der Waals surface area contributed by atoms with Gasteiger partial charge in [0.1, 0.15) is 0 Å². The van der Waals surface area contributed by atoms with Gasteiger partial charge in [0, 0.05) is 6.54 Å². The summed E-state index contributed by atoms with van der Waals surface area (Å²) in [4.78, 5) is 10.6. The predicted molar refractivity (Wildman–Crippen MR) is 62.2 cm³/mol. The Morgan fingerprint density at radius 1 is 1.69 bits per heavy atom. The Balaban J connectivity index is 2.76. The summed E-state index contributed by atoms with van der Waals surface area (Å²) in [5.74, 6) is -0.963. The predicted octanol–water partition coefficient (Wildman–Crippen LogP) is 1.96. The van der Waals surface area contributed by atoms with Gasteiger partial charge in [0.2, 0.25) is 0 Å². The lowest BCUT2D eigenvalue weighted by atomic mass is 10.3. The Kier molecular flexibility index (Phi) is 4.49. The highest BCUT2D eigenvalue weighted by atomic mass is 79.9. The fourth-order valence-electron chi connectivity index (χ4n) is 1.28. The molecule has 90 valence electrons. The van der Waals surface area contributed by atoms with Gasteiger partial charge in [-0.2, -0.15) is 5.10 Å². The first kappa shape index (κ1) is 13.2. The van der Waals surface area contributed by atoms with Crippen LogP contribution in [0.25, 0.3) is 0 Å². The standard InChI is InChI=1S/C10H15BrN2O3/c1-4-13-8(9(11)6(2)12-13)5-16-7(3)10(14)15/h7H,4-5H2,1-3H3,(H,14,15). The van der Waals surface area contributed by atoms with Crippen molar-refractivity contribution in [1.29, 1.82) is 0 Å². The zero-order chi connectivity index (χ0) is 12.3. The molecule has 1 atom stereocenters. The third-order valence-corrected chi connectivity index (χ3v) is 3.30. The minimum Gasteiger partial charge on any atom is -0.479 e. The van der Waals surface area contributed by atoms with Gasteiger partial charge in [-0.25, -0.2) is 4.79 Å². The maximum atomic E-state index is 10.6. The van der Waals surface area contributed by atoms with E-state index in [2.05, 4.69) is 21.0 Å². The molecule has 1 N–H and O–H groups in total. The third kappa shape index (κ3) is 2.82. The van der Waals surface area contributed by atoms with Crippen LogP contribution < -0.4 is 0 Å². The SMILES string of the molecule is CCn1nc(C)c(Br)c1COC(C)C(=O)O. The molecule has 0 fully saturated rings. The highest BCUT2D eigenvalue weighted by Crippen LogP contribution is 2.22. The Morgan fingerprint density at radius 2 is 2.31 bits per heavy atom. The Bertz CT molecular complexity index is 390. The van der Waals surface area contributed by atoms with Gasteiger partial charge in [0.05, 0.1) is 22.5 Å². The van der Waals surface area contributed by atoms with E-state index < -0.39 is 12.1 Å². The summed E-state index contributed by atoms with van der Waals surface area (Å²) >= 11 is 3.42. The maximum Gasteiger partial charge on any atom is 0.332 e. The molecule has 1 aromatic heterocycles. The van der Waals surface area contributed by atoms with Crippen molar-refractivity contribution in [3.05, 3.63) is 15.9 Å². The van der Waals surface area contributed by atoms with E-state index in [1.165, 1.54) is 6.92 Å². The van der Waals surface area contributed by atoms with E-state index in [9.17, 15) is 4.79 Å². The first-order chi connectivity index (χ1) is 7.47. The number of carboxylic acid groups (broad SMARTS) is 1. The van der Waals surface area contributed by atoms with Crippen molar-refractivity contribution in [3.63, 3.8) is 0 Å². The Labute approximate surface area is 103 Å². The summed E-state index contributed by atoms with van der Waals surface area (Å²) in [6, 6.07) is 0. The van der Waals surface area contributed by atoms with E-state index in [-0.39, 0.29) is 6.61 Å². The second kappa shape index (κ2) is 5.45. The largest absolute Gasteiger partial charge is 0.479 e. The topological polar surface area (TPSA) is 64.4 Å². The molecule has 5 nitrogen and oxygen atoms in total. The summed E-state index contributed by atoms with van der Waals surface area (Å²) in [7, 11) is 0. The van der Waals surface area contributed by atoms with E-state index in [0.29, 0.717) is 0 Å². The molecule has 0 aliphatic heterocycles. The molecule has 0 aliphatic rings. The van der Waals surface area contributed by atoms with Crippen LogP contribution in [0.15, 0.2) is 4.47 Å². The van der Waals surface area contributed by atoms with Crippen LogP contribution in [0.5, 0.6) is 0 Å². The Hall–Kier alpha value is -0.880. The summed E-state index contributed by atoms with van der Waals surface area (Å²) in [6.07, 6.45) is -0.813. The average molecular weight is 291 g/mol. The zero-order valence-electron chi connectivity index (χ0n) is 9.53. The zero-order valence-corrected chi connectivity index (χ0v) is 11.1. The minimum atomic E-state index is -0.963. The molecule has 0 radical (unpaired) electrons. The molecule has 0 saturated carbocycles. The van der Waals surface area contributed by atoms with Crippen LogP contribution in [0.1, 0.15) is 25.2 Å². The van der Waals surface area contributed by atoms with E-state index in [0.717, 1.165) is 22.4 Å². The lowest BCUT2D eigenvalue weighted by Gasteiger charge is -2.09. The molecule has 0 aliphatic carbocycles. The lowest BCUT2D eigenvalue weighted by Crippen LogP contribution is -2.20. The number of halogens is 1. The third-order valence-electron chi connectivity index (χ3n) is 2.27. The van der Waals surface area contributed by atoms with Crippen molar-refractivity contribution in [2.75, 3.05) is 0 Å². The average Bonchev–Trinajstić information content (AvgIpc) is 2.51. The van der Waals surface area contributed by atoms with Crippen LogP contribution in [-0.4, -0.2) is 27.0 Å². The summed E-state index contributed by atoms with van der Waals surface area (Å²) < 4.78 is 7.92. The van der Waals surface area contributed by atoms with Gasteiger partial charge in [-0.1, -0.05) is 0 Å². The molecule has 16 heavy (non-hydrogen) atoms. The van der Waals surface area contributed by atoms with Gasteiger partial charge in [-0.05, 0) is 36.7 Å². The van der Waals surface area contributed by atoms with Gasteiger partial charge in [0.25, 0.3) is 0 Å². The normalized spacial score (nSPS) is 12.8. The van der Waals surface area contributed by atoms with Crippen LogP contribution in [0, 0.1) is 6.92 Å². The summed E-state index contributed by atoms with van der Waals surface area (Å²) in [5, 5.41) is 13.0. The van der Waals surface area contributed by atoms with Crippen molar-refractivity contribution in [3.8, 4) is 0 Å². The van der Waals surface area contributed by atoms with Crippen LogP contribution in [0.3, 0.4) is 0 Å². The molecule has 1 aromatic rings. The number of hydrogen-bond acceptors (Lipinski definition) is 3. The fraction of sp³-hybridized carbons (Fsp3) is 0.600. The van der Waals surface area contributed by atoms with E-state index >= 15 is 0 Å². The van der Waals surface area contributed by atoms with Crippen molar-refractivity contribution in [2.45, 2.75) is 40.0 Å². The number of carbonyl (C=O) groups is 1. The summed E-state index contributed by atoms with van der Waals surface area (Å²) in [6.45, 7) is 6.34. The van der Waals surface area contributed by atoms with Gasteiger partial charge in [0.15, 0.2) is 6.10 Å². The molecule has 0 amide bonds. The first-order valence-corrected chi connectivity index (χ1v) is 5.82. The second-order valence-electron chi connectivity index (χ2n) is 3.45. The maximum absolute atomic E-state index is 10.6. The smallest absolute Gasteiger partial charge is 0.332 e. The number of rotatable bonds is 5. The van der Waals surface area contributed by atoms with Crippen molar-refractivity contribution in [1.82, 2.24) is 9.78 Å². The molecule has 0 aromatic carbocycles. The highest BCUT2D eigenvalue weighted by molar-refractivity contribution is 9.10. The van der Waals surface area contributed by atoms with Crippen molar-refractivity contribution in [2.24, 2.45) is 0 Å². The molecule has 0 spiro atoms. The van der Waals surface area contributed by atoms with Gasteiger partial charge in [-0.3, -0.25) is 4.68 Å². The van der Waals surface area contributed by atoms with Crippen LogP contribution in [0.4, 0.5) is 0 Å². The van der Waals surface area contributed by atoms with Crippen LogP contribution in [-0.2, 0) is 22.7 Å². The van der Waals surface area contributed by atoms with Gasteiger partial charge in [-0.15, -0.1) is 0 Å². The number of carboxylic acids is 1. The van der Waals surface area contributed by atoms with Crippen molar-refractivity contribution >= 4 is 21.9 Å². The number of ether oxygens (including phenoxy) is 1. The second-order valence-corrected chi connectivity index (χ2v) is 4.25. The monoisotopic (exact) mass is 290 g/mol. The number of hydrogen-bond donors (Lipinski definition) is 1. The van der Waals surface area contributed by atoms with E-state index in [4.69, 9.17) is 9.84 Å². The number of aliphatic carboxylic acids is 1. The molecule has 1 rings (SSSR count).